The van der Waals surface area contributed by atoms with Crippen molar-refractivity contribution in [3.8, 4) is 23.0 Å². The van der Waals surface area contributed by atoms with Crippen molar-refractivity contribution in [3.05, 3.63) is 40.9 Å². The van der Waals surface area contributed by atoms with Crippen molar-refractivity contribution in [2.24, 2.45) is 5.92 Å². The summed E-state index contributed by atoms with van der Waals surface area (Å²) in [6, 6.07) is 8.26. The fourth-order valence-corrected chi connectivity index (χ4v) is 2.62. The average Bonchev–Trinajstić information content (AvgIpc) is 2.65. The smallest absolute Gasteiger partial charge is 0.255 e. The molecule has 0 saturated heterocycles. The van der Waals surface area contributed by atoms with Gasteiger partial charge >= 0.3 is 0 Å². The van der Waals surface area contributed by atoms with Crippen molar-refractivity contribution < 1.29 is 23.7 Å². The molecule has 0 aliphatic heterocycles. The largest absolute Gasteiger partial charge is 0.493 e. The second-order valence-electron chi connectivity index (χ2n) is 6.22. The summed E-state index contributed by atoms with van der Waals surface area (Å²) in [5.74, 6) is 1.92. The molecule has 0 heterocycles. The van der Waals surface area contributed by atoms with Crippen molar-refractivity contribution in [1.29, 1.82) is 0 Å². The highest BCUT2D eigenvalue weighted by atomic mass is 35.5. The van der Waals surface area contributed by atoms with E-state index in [4.69, 9.17) is 30.5 Å². The van der Waals surface area contributed by atoms with Gasteiger partial charge in [-0.15, -0.1) is 0 Å². The first-order chi connectivity index (χ1) is 12.9. The molecule has 27 heavy (non-hydrogen) atoms. The molecular weight excluding hydrogens is 370 g/mol. The molecule has 0 aliphatic carbocycles. The number of halogens is 1. The van der Waals surface area contributed by atoms with Crippen LogP contribution in [-0.2, 0) is 0 Å². The van der Waals surface area contributed by atoms with Crippen molar-refractivity contribution in [1.82, 2.24) is 0 Å². The zero-order valence-corrected chi connectivity index (χ0v) is 16.8. The molecule has 2 rings (SSSR count). The Morgan fingerprint density at radius 2 is 1.67 bits per heavy atom. The van der Waals surface area contributed by atoms with Crippen LogP contribution in [0.5, 0.6) is 23.0 Å². The van der Waals surface area contributed by atoms with E-state index in [0.29, 0.717) is 51.8 Å². The maximum absolute atomic E-state index is 12.6. The molecule has 1 amide bonds. The Balaban J connectivity index is 2.24. The highest BCUT2D eigenvalue weighted by Gasteiger charge is 2.17. The summed E-state index contributed by atoms with van der Waals surface area (Å²) in [4.78, 5) is 12.6. The van der Waals surface area contributed by atoms with Crippen LogP contribution in [0.25, 0.3) is 0 Å². The Morgan fingerprint density at radius 1 is 1.00 bits per heavy atom. The number of carbonyl (C=O) groups excluding carboxylic acids is 1. The van der Waals surface area contributed by atoms with E-state index in [0.717, 1.165) is 0 Å². The first-order valence-corrected chi connectivity index (χ1v) is 8.81. The van der Waals surface area contributed by atoms with E-state index in [-0.39, 0.29) is 5.91 Å². The molecular formula is C20H24ClNO5. The maximum atomic E-state index is 12.6. The van der Waals surface area contributed by atoms with Gasteiger partial charge in [0.2, 0.25) is 0 Å². The maximum Gasteiger partial charge on any atom is 0.255 e. The zero-order chi connectivity index (χ0) is 20.0. The van der Waals surface area contributed by atoms with Gasteiger partial charge in [-0.2, -0.15) is 0 Å². The van der Waals surface area contributed by atoms with Crippen molar-refractivity contribution in [2.75, 3.05) is 33.3 Å². The molecule has 1 N–H and O–H groups in total. The Morgan fingerprint density at radius 3 is 2.26 bits per heavy atom. The molecule has 6 nitrogen and oxygen atoms in total. The molecule has 7 heteroatoms. The number of carbonyl (C=O) groups is 1. The van der Waals surface area contributed by atoms with Crippen LogP contribution in [0.1, 0.15) is 24.2 Å². The second-order valence-corrected chi connectivity index (χ2v) is 6.63. The Kier molecular flexibility index (Phi) is 7.19. The van der Waals surface area contributed by atoms with Crippen LogP contribution in [0.2, 0.25) is 5.02 Å². The number of rotatable bonds is 8. The van der Waals surface area contributed by atoms with Crippen LogP contribution in [0, 0.1) is 5.92 Å². The Bertz CT molecular complexity index is 807. The summed E-state index contributed by atoms with van der Waals surface area (Å²) in [6.07, 6.45) is 0. The number of hydrogen-bond donors (Lipinski definition) is 1. The average molecular weight is 394 g/mol. The monoisotopic (exact) mass is 393 g/mol. The van der Waals surface area contributed by atoms with E-state index in [9.17, 15) is 4.79 Å². The lowest BCUT2D eigenvalue weighted by Crippen LogP contribution is -2.13. The molecule has 0 aliphatic rings. The van der Waals surface area contributed by atoms with Crippen molar-refractivity contribution in [2.45, 2.75) is 13.8 Å². The van der Waals surface area contributed by atoms with Crippen LogP contribution < -0.4 is 24.3 Å². The van der Waals surface area contributed by atoms with Crippen LogP contribution in [-0.4, -0.2) is 33.8 Å². The quantitative estimate of drug-likeness (QED) is 0.706. The van der Waals surface area contributed by atoms with Gasteiger partial charge in [0.05, 0.1) is 33.0 Å². The van der Waals surface area contributed by atoms with Gasteiger partial charge in [-0.1, -0.05) is 25.4 Å². The first-order valence-electron chi connectivity index (χ1n) is 8.43. The van der Waals surface area contributed by atoms with E-state index in [1.807, 2.05) is 13.8 Å². The predicted octanol–water partition coefficient (Wildman–Crippen LogP) is 4.65. The zero-order valence-electron chi connectivity index (χ0n) is 16.1. The normalized spacial score (nSPS) is 10.5. The summed E-state index contributed by atoms with van der Waals surface area (Å²) in [5, 5.41) is 3.12. The predicted molar refractivity (Wildman–Crippen MR) is 106 cm³/mol. The van der Waals surface area contributed by atoms with Gasteiger partial charge in [-0.25, -0.2) is 0 Å². The van der Waals surface area contributed by atoms with E-state index >= 15 is 0 Å². The molecule has 0 unspecified atom stereocenters. The van der Waals surface area contributed by atoms with Crippen LogP contribution in [0.15, 0.2) is 30.3 Å². The van der Waals surface area contributed by atoms with Gasteiger partial charge < -0.3 is 24.3 Å². The molecule has 0 fully saturated rings. The molecule has 0 spiro atoms. The number of methoxy groups -OCH3 is 3. The van der Waals surface area contributed by atoms with Gasteiger partial charge in [0.15, 0.2) is 23.0 Å². The lowest BCUT2D eigenvalue weighted by Gasteiger charge is -2.15. The summed E-state index contributed by atoms with van der Waals surface area (Å²) in [5.41, 5.74) is 0.913. The highest BCUT2D eigenvalue weighted by Crippen LogP contribution is 2.37. The third-order valence-electron chi connectivity index (χ3n) is 3.69. The summed E-state index contributed by atoms with van der Waals surface area (Å²) >= 11 is 6.31. The van der Waals surface area contributed by atoms with Gasteiger partial charge in [0.1, 0.15) is 0 Å². The van der Waals surface area contributed by atoms with Gasteiger partial charge in [-0.05, 0) is 30.2 Å². The second kappa shape index (κ2) is 9.37. The van der Waals surface area contributed by atoms with E-state index < -0.39 is 0 Å². The molecule has 0 aromatic heterocycles. The number of benzene rings is 2. The lowest BCUT2D eigenvalue weighted by molar-refractivity contribution is 0.102. The standard InChI is InChI=1S/C20H24ClNO5/c1-12(2)11-27-19-15(21)8-13(9-18(19)26-5)20(23)22-14-6-7-16(24-3)17(10-14)25-4/h6-10,12H,11H2,1-5H3,(H,22,23). The number of amides is 1. The van der Waals surface area contributed by atoms with Gasteiger partial charge in [0, 0.05) is 17.3 Å². The fraction of sp³-hybridized carbons (Fsp3) is 0.350. The van der Waals surface area contributed by atoms with Crippen LogP contribution in [0.3, 0.4) is 0 Å². The van der Waals surface area contributed by atoms with E-state index in [2.05, 4.69) is 5.32 Å². The van der Waals surface area contributed by atoms with E-state index in [1.54, 1.807) is 37.4 Å². The third kappa shape index (κ3) is 5.20. The van der Waals surface area contributed by atoms with Gasteiger partial charge in [-0.3, -0.25) is 4.79 Å². The van der Waals surface area contributed by atoms with E-state index in [1.165, 1.54) is 14.2 Å². The molecule has 0 radical (unpaired) electrons. The highest BCUT2D eigenvalue weighted by molar-refractivity contribution is 6.32. The topological polar surface area (TPSA) is 66.0 Å². The molecule has 0 bridgehead atoms. The fourth-order valence-electron chi connectivity index (χ4n) is 2.36. The minimum atomic E-state index is -0.335. The molecule has 0 atom stereocenters. The molecule has 2 aromatic rings. The Hall–Kier alpha value is -2.60. The number of ether oxygens (including phenoxy) is 4. The Labute approximate surface area is 164 Å². The minimum absolute atomic E-state index is 0.312. The van der Waals surface area contributed by atoms with Crippen LogP contribution >= 0.6 is 11.6 Å². The third-order valence-corrected chi connectivity index (χ3v) is 3.97. The number of anilines is 1. The number of hydrogen-bond acceptors (Lipinski definition) is 5. The SMILES string of the molecule is COc1ccc(NC(=O)c2cc(Cl)c(OCC(C)C)c(OC)c2)cc1OC. The summed E-state index contributed by atoms with van der Waals surface area (Å²) in [6.45, 7) is 4.56. The molecule has 146 valence electrons. The van der Waals surface area contributed by atoms with Gasteiger partial charge in [0.25, 0.3) is 5.91 Å². The van der Waals surface area contributed by atoms with Crippen molar-refractivity contribution >= 4 is 23.2 Å². The lowest BCUT2D eigenvalue weighted by atomic mass is 10.1. The molecule has 2 aromatic carbocycles. The molecule has 0 saturated carbocycles. The summed E-state index contributed by atoms with van der Waals surface area (Å²) in [7, 11) is 4.58. The van der Waals surface area contributed by atoms with Crippen molar-refractivity contribution in [3.63, 3.8) is 0 Å². The number of nitrogens with one attached hydrogen (secondary N) is 1. The minimum Gasteiger partial charge on any atom is -0.493 e. The van der Waals surface area contributed by atoms with Crippen LogP contribution in [0.4, 0.5) is 5.69 Å². The summed E-state index contributed by atoms with van der Waals surface area (Å²) < 4.78 is 21.5. The first kappa shape index (κ1) is 20.7.